The van der Waals surface area contributed by atoms with Gasteiger partial charge in [0.25, 0.3) is 11.2 Å². The summed E-state index contributed by atoms with van der Waals surface area (Å²) in [5.74, 6) is -1.33. The van der Waals surface area contributed by atoms with Gasteiger partial charge in [0.2, 0.25) is 5.91 Å². The lowest BCUT2D eigenvalue weighted by Gasteiger charge is -2.16. The highest BCUT2D eigenvalue weighted by Gasteiger charge is 2.21. The van der Waals surface area contributed by atoms with Gasteiger partial charge in [-0.1, -0.05) is 30.8 Å². The highest BCUT2D eigenvalue weighted by atomic mass is 16.6. The number of nitrogens with zero attached hydrogens (tertiary/aromatic N) is 3. The predicted molar refractivity (Wildman–Crippen MR) is 164 cm³/mol. The monoisotopic (exact) mass is 608 g/mol. The molecular formula is C30H36N6O8. The normalized spacial score (nSPS) is 10.8. The minimum absolute atomic E-state index is 0.00677. The van der Waals surface area contributed by atoms with E-state index in [4.69, 9.17) is 19.9 Å². The minimum Gasteiger partial charge on any atom is -0.460 e. The van der Waals surface area contributed by atoms with Crippen LogP contribution in [0.1, 0.15) is 35.3 Å². The lowest BCUT2D eigenvalue weighted by atomic mass is 10.1. The van der Waals surface area contributed by atoms with E-state index in [1.807, 2.05) is 13.8 Å². The average molecular weight is 609 g/mol. The summed E-state index contributed by atoms with van der Waals surface area (Å²) in [6.07, 6.45) is 1.32. The lowest BCUT2D eigenvalue weighted by Crippen LogP contribution is -2.35. The molecule has 0 saturated carbocycles. The molecule has 3 aromatic rings. The number of ether oxygens (including phenoxy) is 3. The molecule has 0 atom stereocenters. The number of nitrogens with one attached hydrogen (secondary N) is 2. The number of aromatic nitrogens is 2. The fraction of sp³-hybridized carbons (Fsp3) is 0.333. The van der Waals surface area contributed by atoms with Crippen LogP contribution in [0.2, 0.25) is 0 Å². The van der Waals surface area contributed by atoms with Gasteiger partial charge < -0.3 is 30.6 Å². The molecule has 0 aliphatic heterocycles. The van der Waals surface area contributed by atoms with E-state index in [0.717, 1.165) is 21.8 Å². The van der Waals surface area contributed by atoms with Crippen LogP contribution in [0, 0.1) is 10.1 Å². The Morgan fingerprint density at radius 1 is 1.09 bits per heavy atom. The van der Waals surface area contributed by atoms with Gasteiger partial charge in [0.1, 0.15) is 13.2 Å². The zero-order chi connectivity index (χ0) is 32.2. The molecule has 0 bridgehead atoms. The van der Waals surface area contributed by atoms with Crippen molar-refractivity contribution in [3.8, 4) is 11.3 Å². The van der Waals surface area contributed by atoms with Gasteiger partial charge in [-0.2, -0.15) is 0 Å². The van der Waals surface area contributed by atoms with Crippen LogP contribution in [-0.2, 0) is 32.1 Å². The lowest BCUT2D eigenvalue weighted by molar-refractivity contribution is -0.384. The van der Waals surface area contributed by atoms with E-state index in [-0.39, 0.29) is 48.4 Å². The number of rotatable bonds is 16. The molecule has 0 aliphatic carbocycles. The third kappa shape index (κ3) is 9.47. The number of hydrogen-bond donors (Lipinski definition) is 3. The molecule has 3 rings (SSSR count). The Kier molecular flexibility index (Phi) is 12.1. The topological polar surface area (TPSA) is 190 Å². The summed E-state index contributed by atoms with van der Waals surface area (Å²) in [6, 6.07) is 10.6. The maximum absolute atomic E-state index is 13.5. The molecule has 0 fully saturated rings. The molecule has 0 spiro atoms. The zero-order valence-electron chi connectivity index (χ0n) is 24.8. The first-order valence-corrected chi connectivity index (χ1v) is 13.7. The highest BCUT2D eigenvalue weighted by molar-refractivity contribution is 5.92. The number of esters is 1. The summed E-state index contributed by atoms with van der Waals surface area (Å²) >= 11 is 0. The number of benzene rings is 2. The van der Waals surface area contributed by atoms with E-state index in [0.29, 0.717) is 18.9 Å². The molecule has 0 unspecified atom stereocenters. The number of hydrogen-bond acceptors (Lipinski definition) is 11. The van der Waals surface area contributed by atoms with Crippen molar-refractivity contribution in [2.24, 2.45) is 5.73 Å². The second-order valence-corrected chi connectivity index (χ2v) is 9.95. The molecule has 234 valence electrons. The van der Waals surface area contributed by atoms with E-state index in [9.17, 15) is 24.5 Å². The summed E-state index contributed by atoms with van der Waals surface area (Å²) in [7, 11) is 1.53. The van der Waals surface area contributed by atoms with E-state index in [1.165, 1.54) is 25.4 Å². The SMILES string of the molecule is C=C(N)c1ccc(CNC(=O)Cn2c(-c3cc(C(=O)OCCOCCOC)cc([N+](=O)[O-])c3)cnc(NC(C)C)c2=O)cc1. The molecule has 14 heteroatoms. The van der Waals surface area contributed by atoms with Crippen LogP contribution in [0.15, 0.2) is 60.0 Å². The first kappa shape index (κ1) is 33.4. The minimum atomic E-state index is -0.827. The Balaban J connectivity index is 1.91. The third-order valence-corrected chi connectivity index (χ3v) is 6.15. The van der Waals surface area contributed by atoms with Crippen molar-refractivity contribution >= 4 is 29.1 Å². The van der Waals surface area contributed by atoms with Gasteiger partial charge in [-0.25, -0.2) is 9.78 Å². The summed E-state index contributed by atoms with van der Waals surface area (Å²) < 4.78 is 16.5. The Hall–Kier alpha value is -5.08. The quantitative estimate of drug-likeness (QED) is 0.0938. The number of carbonyl (C=O) groups excluding carboxylic acids is 2. The van der Waals surface area contributed by atoms with Gasteiger partial charge in [0.15, 0.2) is 5.82 Å². The summed E-state index contributed by atoms with van der Waals surface area (Å²) in [5.41, 5.74) is 6.72. The number of anilines is 1. The molecule has 44 heavy (non-hydrogen) atoms. The standard InChI is InChI=1S/C30H36N6O8/c1-19(2)34-28-29(38)35(18-27(37)32-16-21-5-7-22(8-6-21)20(3)31)26(17-33-28)23-13-24(15-25(14-23)36(40)41)30(39)44-12-11-43-10-9-42-4/h5-8,13-15,17,19H,3,9-12,16,18,31H2,1-2,4H3,(H,32,37)(H,33,34). The van der Waals surface area contributed by atoms with E-state index >= 15 is 0 Å². The van der Waals surface area contributed by atoms with Crippen molar-refractivity contribution in [1.29, 1.82) is 0 Å². The smallest absolute Gasteiger partial charge is 0.338 e. The molecule has 0 saturated heterocycles. The van der Waals surface area contributed by atoms with Crippen molar-refractivity contribution in [1.82, 2.24) is 14.9 Å². The van der Waals surface area contributed by atoms with E-state index < -0.39 is 34.6 Å². The fourth-order valence-corrected chi connectivity index (χ4v) is 3.99. The molecule has 2 aromatic carbocycles. The van der Waals surface area contributed by atoms with Gasteiger partial charge in [-0.05, 0) is 31.0 Å². The Morgan fingerprint density at radius 2 is 1.80 bits per heavy atom. The summed E-state index contributed by atoms with van der Waals surface area (Å²) in [6.45, 7) is 7.77. The van der Waals surface area contributed by atoms with Gasteiger partial charge in [-0.15, -0.1) is 0 Å². The molecule has 1 heterocycles. The second kappa shape index (κ2) is 16.0. The van der Waals surface area contributed by atoms with Crippen LogP contribution < -0.4 is 21.9 Å². The maximum Gasteiger partial charge on any atom is 0.338 e. The maximum atomic E-state index is 13.5. The second-order valence-electron chi connectivity index (χ2n) is 9.95. The number of non-ortho nitro benzene ring substituents is 1. The number of carbonyl (C=O) groups is 2. The van der Waals surface area contributed by atoms with Gasteiger partial charge in [-0.3, -0.25) is 24.3 Å². The van der Waals surface area contributed by atoms with Crippen LogP contribution in [0.5, 0.6) is 0 Å². The van der Waals surface area contributed by atoms with Crippen molar-refractivity contribution in [3.05, 3.63) is 92.4 Å². The van der Waals surface area contributed by atoms with Crippen LogP contribution in [0.25, 0.3) is 17.0 Å². The van der Waals surface area contributed by atoms with Crippen molar-refractivity contribution < 1.29 is 28.7 Å². The van der Waals surface area contributed by atoms with Crippen LogP contribution in [0.3, 0.4) is 0 Å². The summed E-state index contributed by atoms with van der Waals surface area (Å²) in [4.78, 5) is 54.6. The highest BCUT2D eigenvalue weighted by Crippen LogP contribution is 2.26. The van der Waals surface area contributed by atoms with Crippen molar-refractivity contribution in [2.75, 3.05) is 38.9 Å². The number of nitro benzene ring substituents is 1. The molecule has 1 amide bonds. The number of methoxy groups -OCH3 is 1. The van der Waals surface area contributed by atoms with Crippen LogP contribution in [-0.4, -0.2) is 65.9 Å². The van der Waals surface area contributed by atoms with E-state index in [2.05, 4.69) is 22.2 Å². The molecular weight excluding hydrogens is 572 g/mol. The largest absolute Gasteiger partial charge is 0.460 e. The Morgan fingerprint density at radius 3 is 2.43 bits per heavy atom. The first-order valence-electron chi connectivity index (χ1n) is 13.7. The number of nitrogens with two attached hydrogens (primary N) is 1. The predicted octanol–water partition coefficient (Wildman–Crippen LogP) is 2.70. The Labute approximate surface area is 254 Å². The molecule has 0 radical (unpaired) electrons. The average Bonchev–Trinajstić information content (AvgIpc) is 2.99. The molecule has 0 aliphatic rings. The summed E-state index contributed by atoms with van der Waals surface area (Å²) in [5, 5.41) is 17.5. The first-order chi connectivity index (χ1) is 21.0. The number of amides is 1. The third-order valence-electron chi connectivity index (χ3n) is 6.15. The van der Waals surface area contributed by atoms with Crippen molar-refractivity contribution in [3.63, 3.8) is 0 Å². The molecule has 1 aromatic heterocycles. The fourth-order valence-electron chi connectivity index (χ4n) is 3.99. The van der Waals surface area contributed by atoms with E-state index in [1.54, 1.807) is 24.3 Å². The van der Waals surface area contributed by atoms with Crippen LogP contribution >= 0.6 is 0 Å². The van der Waals surface area contributed by atoms with Crippen LogP contribution in [0.4, 0.5) is 11.5 Å². The Bertz CT molecular complexity index is 1550. The van der Waals surface area contributed by atoms with Gasteiger partial charge in [0, 0.05) is 43.1 Å². The number of nitro groups is 1. The zero-order valence-corrected chi connectivity index (χ0v) is 24.8. The van der Waals surface area contributed by atoms with Gasteiger partial charge in [0.05, 0.1) is 42.2 Å². The van der Waals surface area contributed by atoms with Gasteiger partial charge >= 0.3 is 5.97 Å². The molecule has 14 nitrogen and oxygen atoms in total. The van der Waals surface area contributed by atoms with Crippen molar-refractivity contribution in [2.45, 2.75) is 33.0 Å². The molecule has 4 N–H and O–H groups in total.